The summed E-state index contributed by atoms with van der Waals surface area (Å²) < 4.78 is 13.0. The van der Waals surface area contributed by atoms with Gasteiger partial charge in [0.05, 0.1) is 10.5 Å². The van der Waals surface area contributed by atoms with Crippen LogP contribution < -0.4 is 5.73 Å². The molecule has 80 valence electrons. The Morgan fingerprint density at radius 1 is 1.47 bits per heavy atom. The monoisotopic (exact) mass is 210 g/mol. The van der Waals surface area contributed by atoms with Gasteiger partial charge in [-0.05, 0) is 31.4 Å². The fourth-order valence-electron chi connectivity index (χ4n) is 1.89. The normalized spacial score (nSPS) is 18.3. The van der Waals surface area contributed by atoms with E-state index in [9.17, 15) is 14.5 Å². The second-order valence-electron chi connectivity index (χ2n) is 3.93. The summed E-state index contributed by atoms with van der Waals surface area (Å²) in [6.45, 7) is 0. The van der Waals surface area contributed by atoms with Crippen molar-refractivity contribution in [2.45, 2.75) is 24.8 Å². The molecule has 0 saturated heterocycles. The van der Waals surface area contributed by atoms with Crippen LogP contribution in [-0.4, -0.2) is 4.92 Å². The Labute approximate surface area is 86.0 Å². The number of nitro groups is 1. The van der Waals surface area contributed by atoms with E-state index in [4.69, 9.17) is 5.73 Å². The van der Waals surface area contributed by atoms with Crippen molar-refractivity contribution in [1.29, 1.82) is 0 Å². The van der Waals surface area contributed by atoms with Gasteiger partial charge in [-0.1, -0.05) is 0 Å². The zero-order chi connectivity index (χ0) is 11.1. The maximum atomic E-state index is 13.0. The number of hydrogen-bond acceptors (Lipinski definition) is 3. The molecule has 0 heterocycles. The molecule has 1 aliphatic carbocycles. The Morgan fingerprint density at radius 2 is 2.13 bits per heavy atom. The van der Waals surface area contributed by atoms with Crippen LogP contribution in [0.25, 0.3) is 0 Å². The van der Waals surface area contributed by atoms with Gasteiger partial charge in [-0.25, -0.2) is 4.39 Å². The van der Waals surface area contributed by atoms with Gasteiger partial charge in [0.1, 0.15) is 5.82 Å². The van der Waals surface area contributed by atoms with Crippen LogP contribution in [0.2, 0.25) is 0 Å². The number of nitrogens with zero attached hydrogens (tertiary/aromatic N) is 1. The van der Waals surface area contributed by atoms with Gasteiger partial charge >= 0.3 is 0 Å². The lowest BCUT2D eigenvalue weighted by Crippen LogP contribution is -2.43. The van der Waals surface area contributed by atoms with E-state index in [1.165, 1.54) is 12.1 Å². The molecule has 1 saturated carbocycles. The summed E-state index contributed by atoms with van der Waals surface area (Å²) in [5, 5.41) is 10.7. The third-order valence-corrected chi connectivity index (χ3v) is 2.94. The van der Waals surface area contributed by atoms with Crippen LogP contribution in [0.15, 0.2) is 18.2 Å². The minimum absolute atomic E-state index is 0.0846. The summed E-state index contributed by atoms with van der Waals surface area (Å²) in [7, 11) is 0. The summed E-state index contributed by atoms with van der Waals surface area (Å²) in [5.41, 5.74) is 5.49. The van der Waals surface area contributed by atoms with Crippen LogP contribution in [0.5, 0.6) is 0 Å². The lowest BCUT2D eigenvalue weighted by Gasteiger charge is -2.37. The highest BCUT2D eigenvalue weighted by Crippen LogP contribution is 2.42. The first kappa shape index (κ1) is 10.0. The van der Waals surface area contributed by atoms with E-state index in [1.807, 2.05) is 0 Å². The molecule has 0 aliphatic heterocycles. The Balaban J connectivity index is 2.52. The number of halogens is 1. The molecule has 0 spiro atoms. The van der Waals surface area contributed by atoms with Crippen LogP contribution in [0.4, 0.5) is 10.1 Å². The lowest BCUT2D eigenvalue weighted by atomic mass is 9.72. The van der Waals surface area contributed by atoms with Gasteiger partial charge in [0.15, 0.2) is 0 Å². The van der Waals surface area contributed by atoms with E-state index < -0.39 is 16.3 Å². The number of nitro benzene ring substituents is 1. The van der Waals surface area contributed by atoms with Crippen molar-refractivity contribution >= 4 is 5.69 Å². The molecule has 1 aromatic rings. The Hall–Kier alpha value is -1.49. The van der Waals surface area contributed by atoms with Gasteiger partial charge in [-0.2, -0.15) is 0 Å². The van der Waals surface area contributed by atoms with Crippen LogP contribution in [0, 0.1) is 15.9 Å². The zero-order valence-corrected chi connectivity index (χ0v) is 8.07. The van der Waals surface area contributed by atoms with Crippen molar-refractivity contribution in [3.63, 3.8) is 0 Å². The fraction of sp³-hybridized carbons (Fsp3) is 0.400. The number of benzene rings is 1. The smallest absolute Gasteiger partial charge is 0.274 e. The highest BCUT2D eigenvalue weighted by Gasteiger charge is 2.39. The molecular weight excluding hydrogens is 199 g/mol. The minimum atomic E-state index is -0.704. The highest BCUT2D eigenvalue weighted by molar-refractivity contribution is 5.46. The second-order valence-corrected chi connectivity index (χ2v) is 3.93. The number of hydrogen-bond donors (Lipinski definition) is 1. The van der Waals surface area contributed by atoms with Gasteiger partial charge in [0.25, 0.3) is 5.69 Å². The van der Waals surface area contributed by atoms with Crippen LogP contribution in [0.1, 0.15) is 24.8 Å². The molecule has 0 atom stereocenters. The largest absolute Gasteiger partial charge is 0.321 e. The van der Waals surface area contributed by atoms with Gasteiger partial charge < -0.3 is 5.73 Å². The first-order valence-corrected chi connectivity index (χ1v) is 4.76. The molecule has 5 heteroatoms. The van der Waals surface area contributed by atoms with Crippen molar-refractivity contribution in [3.05, 3.63) is 39.7 Å². The van der Waals surface area contributed by atoms with Crippen molar-refractivity contribution in [1.82, 2.24) is 0 Å². The van der Waals surface area contributed by atoms with Gasteiger partial charge in [0, 0.05) is 11.6 Å². The van der Waals surface area contributed by atoms with E-state index in [2.05, 4.69) is 0 Å². The van der Waals surface area contributed by atoms with E-state index >= 15 is 0 Å². The number of rotatable bonds is 2. The summed E-state index contributed by atoms with van der Waals surface area (Å²) >= 11 is 0. The summed E-state index contributed by atoms with van der Waals surface area (Å²) in [5.74, 6) is -0.479. The summed E-state index contributed by atoms with van der Waals surface area (Å²) in [6, 6.07) is 3.44. The average molecular weight is 210 g/mol. The molecule has 1 aromatic carbocycles. The van der Waals surface area contributed by atoms with Crippen molar-refractivity contribution in [2.75, 3.05) is 0 Å². The summed E-state index contributed by atoms with van der Waals surface area (Å²) in [6.07, 6.45) is 2.29. The van der Waals surface area contributed by atoms with Crippen LogP contribution in [-0.2, 0) is 5.54 Å². The summed E-state index contributed by atoms with van der Waals surface area (Å²) in [4.78, 5) is 10.2. The standard InChI is InChI=1S/C10H11FN2O2/c11-7-2-3-9(13(14)15)8(6-7)10(12)4-1-5-10/h2-3,6H,1,4-5,12H2. The maximum Gasteiger partial charge on any atom is 0.274 e. The zero-order valence-electron chi connectivity index (χ0n) is 8.07. The molecule has 2 rings (SSSR count). The predicted octanol–water partition coefficient (Wildman–Crippen LogP) is 2.07. The van der Waals surface area contributed by atoms with Crippen molar-refractivity contribution in [2.24, 2.45) is 5.73 Å². The molecule has 1 fully saturated rings. The molecule has 4 nitrogen and oxygen atoms in total. The quantitative estimate of drug-likeness (QED) is 0.600. The average Bonchev–Trinajstić information content (AvgIpc) is 2.13. The van der Waals surface area contributed by atoms with E-state index in [0.717, 1.165) is 12.5 Å². The van der Waals surface area contributed by atoms with Crippen molar-refractivity contribution < 1.29 is 9.31 Å². The molecule has 0 bridgehead atoms. The molecular formula is C10H11FN2O2. The Kier molecular flexibility index (Phi) is 2.19. The molecule has 2 N–H and O–H groups in total. The SMILES string of the molecule is NC1(c2cc(F)ccc2[N+](=O)[O-])CCC1. The van der Waals surface area contributed by atoms with Crippen molar-refractivity contribution in [3.8, 4) is 0 Å². The third kappa shape index (κ3) is 1.59. The fourth-order valence-corrected chi connectivity index (χ4v) is 1.89. The Morgan fingerprint density at radius 3 is 2.60 bits per heavy atom. The Bertz CT molecular complexity index is 416. The van der Waals surface area contributed by atoms with Gasteiger partial charge in [0.2, 0.25) is 0 Å². The topological polar surface area (TPSA) is 69.2 Å². The first-order valence-electron chi connectivity index (χ1n) is 4.76. The first-order chi connectivity index (χ1) is 7.03. The van der Waals surface area contributed by atoms with E-state index in [0.29, 0.717) is 18.4 Å². The van der Waals surface area contributed by atoms with E-state index in [1.54, 1.807) is 0 Å². The van der Waals surface area contributed by atoms with Gasteiger partial charge in [-0.15, -0.1) is 0 Å². The number of nitrogens with two attached hydrogens (primary N) is 1. The van der Waals surface area contributed by atoms with Crippen LogP contribution >= 0.6 is 0 Å². The van der Waals surface area contributed by atoms with E-state index in [-0.39, 0.29) is 5.69 Å². The van der Waals surface area contributed by atoms with Crippen LogP contribution in [0.3, 0.4) is 0 Å². The molecule has 15 heavy (non-hydrogen) atoms. The molecule has 0 radical (unpaired) electrons. The second kappa shape index (κ2) is 3.27. The molecule has 0 unspecified atom stereocenters. The predicted molar refractivity (Wildman–Crippen MR) is 52.8 cm³/mol. The lowest BCUT2D eigenvalue weighted by molar-refractivity contribution is -0.386. The molecule has 0 aromatic heterocycles. The highest BCUT2D eigenvalue weighted by atomic mass is 19.1. The molecule has 1 aliphatic rings. The third-order valence-electron chi connectivity index (χ3n) is 2.94. The minimum Gasteiger partial charge on any atom is -0.321 e. The maximum absolute atomic E-state index is 13.0. The molecule has 0 amide bonds. The van der Waals surface area contributed by atoms with Gasteiger partial charge in [-0.3, -0.25) is 10.1 Å².